The molecule has 7 nitrogen and oxygen atoms in total. The lowest BCUT2D eigenvalue weighted by Crippen LogP contribution is -2.12. The van der Waals surface area contributed by atoms with E-state index in [-0.39, 0.29) is 25.1 Å². The Labute approximate surface area is 134 Å². The Hall–Kier alpha value is -2.44. The standard InChI is InChI=1S/C16H20N4O3/c1-11(2)23-14-5-3-4-12(8-14)9-16(21)22-10-15-17-18-19-20(15)13-6-7-13/h3-5,8,11,13H,6-7,9-10H2,1-2H3. The van der Waals surface area contributed by atoms with Crippen molar-refractivity contribution in [2.75, 3.05) is 0 Å². The number of carbonyl (C=O) groups is 1. The first-order chi connectivity index (χ1) is 11.1. The zero-order valence-corrected chi connectivity index (χ0v) is 13.3. The first-order valence-electron chi connectivity index (χ1n) is 7.80. The van der Waals surface area contributed by atoms with Crippen LogP contribution in [-0.4, -0.2) is 32.3 Å². The number of tetrazole rings is 1. The summed E-state index contributed by atoms with van der Waals surface area (Å²) < 4.78 is 12.6. The van der Waals surface area contributed by atoms with Gasteiger partial charge in [0.15, 0.2) is 12.4 Å². The lowest BCUT2D eigenvalue weighted by atomic mass is 10.1. The van der Waals surface area contributed by atoms with E-state index in [0.29, 0.717) is 11.9 Å². The van der Waals surface area contributed by atoms with Crippen LogP contribution in [0, 0.1) is 0 Å². The molecule has 23 heavy (non-hydrogen) atoms. The predicted octanol–water partition coefficient (Wildman–Crippen LogP) is 2.08. The summed E-state index contributed by atoms with van der Waals surface area (Å²) in [5.41, 5.74) is 0.856. The van der Waals surface area contributed by atoms with Crippen LogP contribution < -0.4 is 4.74 Å². The first-order valence-corrected chi connectivity index (χ1v) is 7.80. The largest absolute Gasteiger partial charge is 0.491 e. The van der Waals surface area contributed by atoms with Crippen LogP contribution in [0.25, 0.3) is 0 Å². The third kappa shape index (κ3) is 4.28. The van der Waals surface area contributed by atoms with Crippen molar-refractivity contribution in [3.63, 3.8) is 0 Å². The second kappa shape index (κ2) is 6.76. The Kier molecular flexibility index (Phi) is 4.55. The molecule has 0 radical (unpaired) electrons. The van der Waals surface area contributed by atoms with Crippen LogP contribution in [0.5, 0.6) is 5.75 Å². The molecule has 1 aromatic heterocycles. The molecule has 7 heteroatoms. The van der Waals surface area contributed by atoms with E-state index in [0.717, 1.165) is 24.2 Å². The lowest BCUT2D eigenvalue weighted by molar-refractivity contribution is -0.144. The Morgan fingerprint density at radius 1 is 1.39 bits per heavy atom. The summed E-state index contributed by atoms with van der Waals surface area (Å²) in [5, 5.41) is 11.5. The Balaban J connectivity index is 1.53. The topological polar surface area (TPSA) is 79.1 Å². The summed E-state index contributed by atoms with van der Waals surface area (Å²) in [7, 11) is 0. The van der Waals surface area contributed by atoms with Crippen molar-refractivity contribution in [2.24, 2.45) is 0 Å². The Morgan fingerprint density at radius 2 is 2.22 bits per heavy atom. The number of esters is 1. The molecule has 1 saturated carbocycles. The zero-order valence-electron chi connectivity index (χ0n) is 13.3. The van der Waals surface area contributed by atoms with Gasteiger partial charge in [0.1, 0.15) is 5.75 Å². The normalized spacial score (nSPS) is 14.0. The van der Waals surface area contributed by atoms with Gasteiger partial charge in [-0.1, -0.05) is 12.1 Å². The van der Waals surface area contributed by atoms with Gasteiger partial charge in [0, 0.05) is 0 Å². The maximum absolute atomic E-state index is 12.0. The third-order valence-electron chi connectivity index (χ3n) is 3.43. The number of hydrogen-bond donors (Lipinski definition) is 0. The summed E-state index contributed by atoms with van der Waals surface area (Å²) in [5.74, 6) is 1.04. The van der Waals surface area contributed by atoms with E-state index in [2.05, 4.69) is 15.5 Å². The molecular weight excluding hydrogens is 296 g/mol. The summed E-state index contributed by atoms with van der Waals surface area (Å²) in [6.45, 7) is 4.03. The van der Waals surface area contributed by atoms with E-state index >= 15 is 0 Å². The zero-order chi connectivity index (χ0) is 16.2. The van der Waals surface area contributed by atoms with Gasteiger partial charge in [-0.05, 0) is 54.8 Å². The highest BCUT2D eigenvalue weighted by molar-refractivity contribution is 5.72. The number of nitrogens with zero attached hydrogens (tertiary/aromatic N) is 4. The molecule has 0 spiro atoms. The van der Waals surface area contributed by atoms with Gasteiger partial charge in [0.05, 0.1) is 18.6 Å². The number of hydrogen-bond acceptors (Lipinski definition) is 6. The lowest BCUT2D eigenvalue weighted by Gasteiger charge is -2.10. The second-order valence-electron chi connectivity index (χ2n) is 5.92. The van der Waals surface area contributed by atoms with E-state index in [9.17, 15) is 4.79 Å². The van der Waals surface area contributed by atoms with Crippen molar-refractivity contribution in [1.82, 2.24) is 20.2 Å². The molecule has 0 amide bonds. The van der Waals surface area contributed by atoms with Crippen LogP contribution in [0.4, 0.5) is 0 Å². The van der Waals surface area contributed by atoms with Crippen molar-refractivity contribution < 1.29 is 14.3 Å². The monoisotopic (exact) mass is 316 g/mol. The van der Waals surface area contributed by atoms with Crippen molar-refractivity contribution in [1.29, 1.82) is 0 Å². The minimum absolute atomic E-state index is 0.0958. The van der Waals surface area contributed by atoms with Crippen LogP contribution in [0.15, 0.2) is 24.3 Å². The van der Waals surface area contributed by atoms with E-state index in [1.54, 1.807) is 4.68 Å². The minimum Gasteiger partial charge on any atom is -0.491 e. The Bertz CT molecular complexity index is 679. The van der Waals surface area contributed by atoms with Gasteiger partial charge in [-0.25, -0.2) is 4.68 Å². The van der Waals surface area contributed by atoms with Crippen molar-refractivity contribution in [3.8, 4) is 5.75 Å². The fourth-order valence-electron chi connectivity index (χ4n) is 2.27. The van der Waals surface area contributed by atoms with Crippen LogP contribution in [0.2, 0.25) is 0 Å². The number of carbonyl (C=O) groups excluding carboxylic acids is 1. The molecular formula is C16H20N4O3. The summed E-state index contributed by atoms with van der Waals surface area (Å²) >= 11 is 0. The smallest absolute Gasteiger partial charge is 0.310 e. The molecule has 0 N–H and O–H groups in total. The number of aromatic nitrogens is 4. The molecule has 1 aromatic carbocycles. The van der Waals surface area contributed by atoms with Gasteiger partial charge in [-0.15, -0.1) is 5.10 Å². The van der Waals surface area contributed by atoms with Gasteiger partial charge in [-0.3, -0.25) is 4.79 Å². The molecule has 2 aromatic rings. The van der Waals surface area contributed by atoms with E-state index in [4.69, 9.17) is 9.47 Å². The maximum Gasteiger partial charge on any atom is 0.310 e. The summed E-state index contributed by atoms with van der Waals surface area (Å²) in [6.07, 6.45) is 2.45. The molecule has 0 saturated heterocycles. The highest BCUT2D eigenvalue weighted by Gasteiger charge is 2.28. The molecule has 0 bridgehead atoms. The average Bonchev–Trinajstić information content (AvgIpc) is 3.23. The molecule has 122 valence electrons. The Morgan fingerprint density at radius 3 is 2.96 bits per heavy atom. The number of rotatable bonds is 7. The molecule has 1 aliphatic carbocycles. The fraction of sp³-hybridized carbons (Fsp3) is 0.500. The minimum atomic E-state index is -0.308. The van der Waals surface area contributed by atoms with E-state index < -0.39 is 0 Å². The van der Waals surface area contributed by atoms with Gasteiger partial charge in [0.25, 0.3) is 0 Å². The average molecular weight is 316 g/mol. The highest BCUT2D eigenvalue weighted by Crippen LogP contribution is 2.34. The molecule has 0 atom stereocenters. The van der Waals surface area contributed by atoms with E-state index in [1.165, 1.54) is 0 Å². The maximum atomic E-state index is 12.0. The van der Waals surface area contributed by atoms with Gasteiger partial charge in [-0.2, -0.15) is 0 Å². The fourth-order valence-corrected chi connectivity index (χ4v) is 2.27. The van der Waals surface area contributed by atoms with Gasteiger partial charge in [0.2, 0.25) is 0 Å². The second-order valence-corrected chi connectivity index (χ2v) is 5.92. The highest BCUT2D eigenvalue weighted by atomic mass is 16.5. The van der Waals surface area contributed by atoms with Gasteiger partial charge < -0.3 is 9.47 Å². The SMILES string of the molecule is CC(C)Oc1cccc(CC(=O)OCc2nnnn2C2CC2)c1. The molecule has 1 aliphatic rings. The van der Waals surface area contributed by atoms with Crippen LogP contribution in [0.1, 0.15) is 44.1 Å². The van der Waals surface area contributed by atoms with Crippen molar-refractivity contribution >= 4 is 5.97 Å². The third-order valence-corrected chi connectivity index (χ3v) is 3.43. The summed E-state index contributed by atoms with van der Waals surface area (Å²) in [4.78, 5) is 12.0. The molecule has 3 rings (SSSR count). The predicted molar refractivity (Wildman–Crippen MR) is 81.8 cm³/mol. The quantitative estimate of drug-likeness (QED) is 0.728. The summed E-state index contributed by atoms with van der Waals surface area (Å²) in [6, 6.07) is 7.84. The molecule has 0 unspecified atom stereocenters. The first kappa shape index (κ1) is 15.5. The molecule has 1 fully saturated rings. The molecule has 1 heterocycles. The number of ether oxygens (including phenoxy) is 2. The van der Waals surface area contributed by atoms with Gasteiger partial charge >= 0.3 is 5.97 Å². The van der Waals surface area contributed by atoms with Crippen LogP contribution in [-0.2, 0) is 22.6 Å². The van der Waals surface area contributed by atoms with E-state index in [1.807, 2.05) is 38.1 Å². The van der Waals surface area contributed by atoms with Crippen molar-refractivity contribution in [3.05, 3.63) is 35.7 Å². The van der Waals surface area contributed by atoms with Crippen LogP contribution >= 0.6 is 0 Å². The van der Waals surface area contributed by atoms with Crippen LogP contribution in [0.3, 0.4) is 0 Å². The van der Waals surface area contributed by atoms with Crippen molar-refractivity contribution in [2.45, 2.75) is 51.9 Å². The molecule has 0 aliphatic heterocycles. The number of benzene rings is 1.